The highest BCUT2D eigenvalue weighted by Gasteiger charge is 2.17. The van der Waals surface area contributed by atoms with E-state index in [1.54, 1.807) is 49.4 Å². The molecule has 0 bridgehead atoms. The number of halogens is 2. The predicted octanol–water partition coefficient (Wildman–Crippen LogP) is 4.62. The van der Waals surface area contributed by atoms with Crippen LogP contribution in [-0.4, -0.2) is 21.9 Å². The van der Waals surface area contributed by atoms with Crippen molar-refractivity contribution in [1.29, 1.82) is 0 Å². The lowest BCUT2D eigenvalue weighted by atomic mass is 10.1. The summed E-state index contributed by atoms with van der Waals surface area (Å²) in [7, 11) is 1.53. The number of hydrogen-bond acceptors (Lipinski definition) is 4. The molecule has 4 rings (SSSR count). The highest BCUT2D eigenvalue weighted by molar-refractivity contribution is 6.30. The minimum atomic E-state index is -0.640. The Labute approximate surface area is 171 Å². The van der Waals surface area contributed by atoms with Gasteiger partial charge in [0.25, 0.3) is 5.56 Å². The molecule has 0 amide bonds. The van der Waals surface area contributed by atoms with Gasteiger partial charge in [-0.1, -0.05) is 23.7 Å². The van der Waals surface area contributed by atoms with E-state index in [4.69, 9.17) is 16.3 Å². The maximum atomic E-state index is 14.7. The van der Waals surface area contributed by atoms with Gasteiger partial charge in [-0.2, -0.15) is 9.49 Å². The third kappa shape index (κ3) is 3.71. The van der Waals surface area contributed by atoms with Crippen molar-refractivity contribution in [3.63, 3.8) is 0 Å². The second-order valence-electron chi connectivity index (χ2n) is 6.64. The maximum Gasteiger partial charge on any atom is 0.274 e. The first-order valence-electron chi connectivity index (χ1n) is 8.93. The van der Waals surface area contributed by atoms with E-state index in [2.05, 4.69) is 10.1 Å². The average molecular weight is 410 g/mol. The molecule has 0 atom stereocenters. The Bertz CT molecular complexity index is 1270. The Balaban J connectivity index is 1.97. The Morgan fingerprint density at radius 3 is 2.52 bits per heavy atom. The topological polar surface area (TPSA) is 57.0 Å². The first kappa shape index (κ1) is 19.1. The van der Waals surface area contributed by atoms with Crippen molar-refractivity contribution in [2.24, 2.45) is 0 Å². The maximum absolute atomic E-state index is 14.7. The van der Waals surface area contributed by atoms with Gasteiger partial charge in [0, 0.05) is 16.1 Å². The molecule has 2 aromatic carbocycles. The largest absolute Gasteiger partial charge is 0.497 e. The fourth-order valence-electron chi connectivity index (χ4n) is 3.16. The van der Waals surface area contributed by atoms with E-state index in [0.717, 1.165) is 5.56 Å². The van der Waals surface area contributed by atoms with Crippen LogP contribution in [0.1, 0.15) is 11.3 Å². The molecule has 0 aliphatic carbocycles. The summed E-state index contributed by atoms with van der Waals surface area (Å²) in [5.41, 5.74) is 1.69. The van der Waals surface area contributed by atoms with Crippen LogP contribution in [0.5, 0.6) is 5.75 Å². The van der Waals surface area contributed by atoms with Crippen LogP contribution in [0.25, 0.3) is 22.0 Å². The number of aromatic nitrogens is 3. The van der Waals surface area contributed by atoms with Gasteiger partial charge >= 0.3 is 0 Å². The van der Waals surface area contributed by atoms with Gasteiger partial charge in [-0.05, 0) is 55.0 Å². The molecule has 146 valence electrons. The molecule has 4 aromatic rings. The molecular formula is C22H17ClFN3O2. The summed E-state index contributed by atoms with van der Waals surface area (Å²) >= 11 is 5.94. The molecular weight excluding hydrogens is 393 g/mol. The average Bonchev–Trinajstić information content (AvgIpc) is 2.72. The molecule has 0 spiro atoms. The van der Waals surface area contributed by atoms with Crippen LogP contribution in [-0.2, 0) is 6.54 Å². The molecule has 0 radical (unpaired) electrons. The third-order valence-electron chi connectivity index (χ3n) is 4.66. The Morgan fingerprint density at radius 1 is 1.07 bits per heavy atom. The fourth-order valence-corrected chi connectivity index (χ4v) is 3.29. The molecule has 7 heteroatoms. The number of nitrogens with zero attached hydrogens (tertiary/aromatic N) is 3. The van der Waals surface area contributed by atoms with Crippen molar-refractivity contribution in [3.05, 3.63) is 87.2 Å². The van der Waals surface area contributed by atoms with Crippen LogP contribution in [0.15, 0.2) is 59.4 Å². The second kappa shape index (κ2) is 7.64. The van der Waals surface area contributed by atoms with Gasteiger partial charge in [0.15, 0.2) is 0 Å². The minimum Gasteiger partial charge on any atom is -0.497 e. The summed E-state index contributed by atoms with van der Waals surface area (Å²) in [5, 5.41) is 6.02. The van der Waals surface area contributed by atoms with Gasteiger partial charge in [0.05, 0.1) is 24.6 Å². The van der Waals surface area contributed by atoms with E-state index < -0.39 is 5.95 Å². The SMILES string of the molecule is COc1ccc2c(=O)n(Cc3ccc(Cl)cc3)nc(-c3ccc(C)nc3F)c2c1. The van der Waals surface area contributed by atoms with Gasteiger partial charge in [-0.15, -0.1) is 0 Å². The standard InChI is InChI=1S/C22H17ClFN3O2/c1-13-3-9-18(21(24)25-13)20-19-11-16(29-2)8-10-17(19)22(28)27(26-20)12-14-4-6-15(23)7-5-14/h3-11H,12H2,1-2H3. The van der Waals surface area contributed by atoms with Gasteiger partial charge < -0.3 is 4.74 Å². The first-order valence-corrected chi connectivity index (χ1v) is 9.31. The molecule has 0 unspecified atom stereocenters. The van der Waals surface area contributed by atoms with Crippen molar-refractivity contribution in [1.82, 2.24) is 14.8 Å². The molecule has 5 nitrogen and oxygen atoms in total. The number of methoxy groups -OCH3 is 1. The van der Waals surface area contributed by atoms with Crippen LogP contribution in [0.2, 0.25) is 5.02 Å². The zero-order chi connectivity index (χ0) is 20.5. The summed E-state index contributed by atoms with van der Waals surface area (Å²) in [4.78, 5) is 17.0. The Hall–Kier alpha value is -3.25. The van der Waals surface area contributed by atoms with E-state index >= 15 is 0 Å². The molecule has 0 saturated heterocycles. The quantitative estimate of drug-likeness (QED) is 0.462. The lowest BCUT2D eigenvalue weighted by molar-refractivity contribution is 0.415. The first-order chi connectivity index (χ1) is 14.0. The number of pyridine rings is 1. The molecule has 0 saturated carbocycles. The van der Waals surface area contributed by atoms with Crippen LogP contribution in [0.4, 0.5) is 4.39 Å². The number of ether oxygens (including phenoxy) is 1. The van der Waals surface area contributed by atoms with Crippen molar-refractivity contribution in [2.75, 3.05) is 7.11 Å². The van der Waals surface area contributed by atoms with Crippen LogP contribution >= 0.6 is 11.6 Å². The van der Waals surface area contributed by atoms with Gasteiger partial charge in [-0.25, -0.2) is 9.67 Å². The van der Waals surface area contributed by atoms with Crippen molar-refractivity contribution < 1.29 is 9.13 Å². The number of rotatable bonds is 4. The molecule has 0 fully saturated rings. The fraction of sp³-hybridized carbons (Fsp3) is 0.136. The second-order valence-corrected chi connectivity index (χ2v) is 7.08. The molecule has 0 N–H and O–H groups in total. The van der Waals surface area contributed by atoms with Gasteiger partial charge in [-0.3, -0.25) is 4.79 Å². The van der Waals surface area contributed by atoms with Crippen molar-refractivity contribution in [2.45, 2.75) is 13.5 Å². The highest BCUT2D eigenvalue weighted by atomic mass is 35.5. The lowest BCUT2D eigenvalue weighted by Crippen LogP contribution is -2.24. The zero-order valence-electron chi connectivity index (χ0n) is 15.8. The van der Waals surface area contributed by atoms with E-state index in [-0.39, 0.29) is 17.7 Å². The predicted molar refractivity (Wildman–Crippen MR) is 111 cm³/mol. The number of aryl methyl sites for hydroxylation is 1. The molecule has 0 aliphatic heterocycles. The monoisotopic (exact) mass is 409 g/mol. The zero-order valence-corrected chi connectivity index (χ0v) is 16.6. The van der Waals surface area contributed by atoms with Crippen molar-refractivity contribution in [3.8, 4) is 17.0 Å². The number of fused-ring (bicyclic) bond motifs is 1. The third-order valence-corrected chi connectivity index (χ3v) is 4.91. The lowest BCUT2D eigenvalue weighted by Gasteiger charge is -2.13. The Kier molecular flexibility index (Phi) is 5.03. The summed E-state index contributed by atoms with van der Waals surface area (Å²) in [6.07, 6.45) is 0. The molecule has 0 aliphatic rings. The van der Waals surface area contributed by atoms with Crippen LogP contribution in [0, 0.1) is 12.9 Å². The summed E-state index contributed by atoms with van der Waals surface area (Å²) in [6.45, 7) is 1.94. The highest BCUT2D eigenvalue weighted by Crippen LogP contribution is 2.29. The minimum absolute atomic E-state index is 0.221. The van der Waals surface area contributed by atoms with E-state index in [9.17, 15) is 9.18 Å². The summed E-state index contributed by atoms with van der Waals surface area (Å²) in [5.74, 6) is -0.0887. The van der Waals surface area contributed by atoms with Crippen LogP contribution in [0.3, 0.4) is 0 Å². The number of hydrogen-bond donors (Lipinski definition) is 0. The van der Waals surface area contributed by atoms with E-state index in [1.807, 2.05) is 12.1 Å². The van der Waals surface area contributed by atoms with Crippen molar-refractivity contribution >= 4 is 22.4 Å². The summed E-state index contributed by atoms with van der Waals surface area (Å²) in [6, 6.07) is 15.5. The van der Waals surface area contributed by atoms with Gasteiger partial charge in [0.2, 0.25) is 5.95 Å². The molecule has 2 aromatic heterocycles. The van der Waals surface area contributed by atoms with Gasteiger partial charge in [0.1, 0.15) is 11.4 Å². The van der Waals surface area contributed by atoms with E-state index in [1.165, 1.54) is 11.8 Å². The summed E-state index contributed by atoms with van der Waals surface area (Å²) < 4.78 is 21.3. The Morgan fingerprint density at radius 2 is 1.83 bits per heavy atom. The smallest absolute Gasteiger partial charge is 0.274 e. The molecule has 29 heavy (non-hydrogen) atoms. The normalized spacial score (nSPS) is 11.0. The molecule has 2 heterocycles. The number of benzene rings is 2. The van der Waals surface area contributed by atoms with Crippen LogP contribution < -0.4 is 10.3 Å². The van der Waals surface area contributed by atoms with E-state index in [0.29, 0.717) is 32.9 Å².